The number of rotatable bonds is 26. The number of phosphoric ester groups is 1. The predicted octanol–water partition coefficient (Wildman–Crippen LogP) is 1.89. The molecule has 1 aromatic rings. The number of carbonyl (C=O) groups is 4. The SMILES string of the molecule is C=CCOC(COc1cccc(C(=O)CCCC(C)=O)c1)OCC(=O)NC/C=C/C1=CN(C2CC(OC)[C@H](COP(=O)(O)OP(=O)(O)OP(=O)(O)O)O2)C(=O)NC1N. The number of Topliss-reactive ketones (excluding diaryl/α,β-unsaturated/α-hetero) is 2. The Morgan fingerprint density at radius 2 is 1.86 bits per heavy atom. The lowest BCUT2D eigenvalue weighted by Crippen LogP contribution is -2.54. The number of phosphoric acid groups is 3. The molecule has 8 N–H and O–H groups in total. The number of urea groups is 1. The first kappa shape index (κ1) is 48.9. The van der Waals surface area contributed by atoms with Crippen molar-refractivity contribution >= 4 is 47.0 Å². The van der Waals surface area contributed by atoms with Crippen molar-refractivity contribution in [3.8, 4) is 5.75 Å². The van der Waals surface area contributed by atoms with Crippen LogP contribution in [-0.4, -0.2) is 119 Å². The molecule has 0 bridgehead atoms. The largest absolute Gasteiger partial charge is 0.490 e. The highest BCUT2D eigenvalue weighted by Gasteiger charge is 2.45. The Kier molecular flexibility index (Phi) is 19.2. The number of ether oxygens (including phenoxy) is 5. The van der Waals surface area contributed by atoms with Gasteiger partial charge in [0.15, 0.2) is 12.1 Å². The molecule has 0 spiro atoms. The molecule has 7 atom stereocenters. The fourth-order valence-corrected chi connectivity index (χ4v) is 8.19. The molecule has 0 aromatic heterocycles. The average Bonchev–Trinajstić information content (AvgIpc) is 3.54. The maximum atomic E-state index is 12.8. The van der Waals surface area contributed by atoms with E-state index < -0.39 is 79.5 Å². The Labute approximate surface area is 332 Å². The lowest BCUT2D eigenvalue weighted by molar-refractivity contribution is -0.162. The average molecular weight is 885 g/mol. The van der Waals surface area contributed by atoms with Crippen LogP contribution < -0.4 is 21.1 Å². The maximum absolute atomic E-state index is 12.8. The van der Waals surface area contributed by atoms with E-state index in [0.717, 1.165) is 4.90 Å². The number of carbonyl (C=O) groups excluding carboxylic acids is 4. The van der Waals surface area contributed by atoms with E-state index in [1.807, 2.05) is 0 Å². The molecule has 1 fully saturated rings. The molecule has 58 heavy (non-hydrogen) atoms. The zero-order valence-electron chi connectivity index (χ0n) is 31.4. The van der Waals surface area contributed by atoms with Crippen LogP contribution in [0.3, 0.4) is 0 Å². The number of hydrogen-bond donors (Lipinski definition) is 7. The zero-order chi connectivity index (χ0) is 43.1. The number of nitrogens with two attached hydrogens (primary N) is 1. The first-order valence-electron chi connectivity index (χ1n) is 17.3. The second kappa shape index (κ2) is 22.8. The number of ketones is 2. The van der Waals surface area contributed by atoms with Crippen molar-refractivity contribution in [2.75, 3.05) is 40.1 Å². The van der Waals surface area contributed by atoms with Gasteiger partial charge in [0, 0.05) is 50.3 Å². The zero-order valence-corrected chi connectivity index (χ0v) is 34.0. The van der Waals surface area contributed by atoms with Crippen LogP contribution in [0.2, 0.25) is 0 Å². The van der Waals surface area contributed by atoms with Gasteiger partial charge in [-0.15, -0.1) is 6.58 Å². The minimum atomic E-state index is -5.74. The van der Waals surface area contributed by atoms with Gasteiger partial charge in [-0.3, -0.25) is 19.0 Å². The Bertz CT molecular complexity index is 1820. The second-order valence-electron chi connectivity index (χ2n) is 12.4. The first-order valence-corrected chi connectivity index (χ1v) is 21.8. The van der Waals surface area contributed by atoms with E-state index in [4.69, 9.17) is 39.2 Å². The molecule has 324 valence electrons. The van der Waals surface area contributed by atoms with Gasteiger partial charge in [0.1, 0.15) is 43.2 Å². The molecule has 0 radical (unpaired) electrons. The highest BCUT2D eigenvalue weighted by molar-refractivity contribution is 7.66. The van der Waals surface area contributed by atoms with Crippen molar-refractivity contribution < 1.29 is 89.3 Å². The van der Waals surface area contributed by atoms with E-state index in [1.165, 1.54) is 32.4 Å². The van der Waals surface area contributed by atoms with Crippen LogP contribution in [0.25, 0.3) is 0 Å². The summed E-state index contributed by atoms with van der Waals surface area (Å²) in [4.78, 5) is 86.7. The van der Waals surface area contributed by atoms with Gasteiger partial charge < -0.3 is 64.4 Å². The number of hydrogen-bond acceptors (Lipinski definition) is 16. The Hall–Kier alpha value is -3.47. The quantitative estimate of drug-likeness (QED) is 0.0302. The van der Waals surface area contributed by atoms with E-state index in [-0.39, 0.29) is 44.2 Å². The van der Waals surface area contributed by atoms with Crippen LogP contribution in [0.5, 0.6) is 5.75 Å². The molecule has 2 aliphatic heterocycles. The fourth-order valence-electron chi connectivity index (χ4n) is 5.16. The summed E-state index contributed by atoms with van der Waals surface area (Å²) in [6.07, 6.45) is 1.92. The molecule has 2 heterocycles. The van der Waals surface area contributed by atoms with Gasteiger partial charge in [0.2, 0.25) is 5.91 Å². The smallest absolute Gasteiger partial charge is 0.488 e. The summed E-state index contributed by atoms with van der Waals surface area (Å²) < 4.78 is 74.7. The van der Waals surface area contributed by atoms with E-state index in [9.17, 15) is 42.7 Å². The van der Waals surface area contributed by atoms with Gasteiger partial charge in [0.25, 0.3) is 0 Å². The van der Waals surface area contributed by atoms with Gasteiger partial charge in [-0.1, -0.05) is 30.4 Å². The van der Waals surface area contributed by atoms with Crippen molar-refractivity contribution in [2.45, 2.75) is 63.5 Å². The van der Waals surface area contributed by atoms with Crippen molar-refractivity contribution in [2.24, 2.45) is 5.73 Å². The first-order chi connectivity index (χ1) is 27.2. The molecular weight excluding hydrogens is 837 g/mol. The van der Waals surface area contributed by atoms with Gasteiger partial charge >= 0.3 is 29.5 Å². The number of nitrogens with zero attached hydrogens (tertiary/aromatic N) is 1. The van der Waals surface area contributed by atoms with Gasteiger partial charge in [0.05, 0.1) is 19.3 Å². The topological polar surface area (TPSA) is 328 Å². The molecule has 1 aromatic carbocycles. The third-order valence-electron chi connectivity index (χ3n) is 7.77. The number of benzene rings is 1. The monoisotopic (exact) mass is 884 g/mol. The maximum Gasteiger partial charge on any atom is 0.490 e. The van der Waals surface area contributed by atoms with Crippen molar-refractivity contribution in [3.63, 3.8) is 0 Å². The number of methoxy groups -OCH3 is 1. The van der Waals surface area contributed by atoms with E-state index in [0.29, 0.717) is 29.7 Å². The van der Waals surface area contributed by atoms with Gasteiger partial charge in [-0.25, -0.2) is 18.5 Å². The summed E-state index contributed by atoms with van der Waals surface area (Å²) in [6.45, 7) is 3.83. The molecule has 3 amide bonds. The van der Waals surface area contributed by atoms with E-state index >= 15 is 0 Å². The highest BCUT2D eigenvalue weighted by Crippen LogP contribution is 2.66. The second-order valence-corrected chi connectivity index (χ2v) is 16.8. The van der Waals surface area contributed by atoms with Crippen LogP contribution in [0.1, 0.15) is 43.0 Å². The minimum absolute atomic E-state index is 0.00489. The Morgan fingerprint density at radius 1 is 1.12 bits per heavy atom. The predicted molar refractivity (Wildman–Crippen MR) is 199 cm³/mol. The Morgan fingerprint density at radius 3 is 2.53 bits per heavy atom. The van der Waals surface area contributed by atoms with Crippen molar-refractivity contribution in [3.05, 3.63) is 66.4 Å². The fraction of sp³-hybridized carbons (Fsp3) is 0.500. The number of amides is 3. The lowest BCUT2D eigenvalue weighted by atomic mass is 10.0. The summed E-state index contributed by atoms with van der Waals surface area (Å²) in [5.41, 5.74) is 6.87. The van der Waals surface area contributed by atoms with Gasteiger partial charge in [-0.2, -0.15) is 8.62 Å². The third-order valence-corrected chi connectivity index (χ3v) is 11.6. The van der Waals surface area contributed by atoms with Crippen LogP contribution in [0.4, 0.5) is 4.79 Å². The van der Waals surface area contributed by atoms with Crippen LogP contribution in [0.15, 0.2) is 60.8 Å². The minimum Gasteiger partial charge on any atom is -0.488 e. The summed E-state index contributed by atoms with van der Waals surface area (Å²) >= 11 is 0. The summed E-state index contributed by atoms with van der Waals surface area (Å²) in [7, 11) is -15.5. The summed E-state index contributed by atoms with van der Waals surface area (Å²) in [5, 5.41) is 5.16. The van der Waals surface area contributed by atoms with Crippen LogP contribution in [-0.2, 0) is 55.4 Å². The molecule has 6 unspecified atom stereocenters. The van der Waals surface area contributed by atoms with E-state index in [1.54, 1.807) is 30.3 Å². The molecule has 2 aliphatic rings. The molecule has 3 rings (SSSR count). The molecule has 0 aliphatic carbocycles. The molecule has 26 heteroatoms. The molecule has 1 saturated heterocycles. The summed E-state index contributed by atoms with van der Waals surface area (Å²) in [6, 6.07) is 5.83. The molecule has 0 saturated carbocycles. The third kappa shape index (κ3) is 17.4. The normalized spacial score (nSPS) is 22.4. The van der Waals surface area contributed by atoms with Gasteiger partial charge in [-0.05, 0) is 25.5 Å². The standard InChI is InChI=1S/C32H47N4O19P3/c1-4-14-49-30(20-50-24-11-6-9-22(15-24)25(38)12-5-8-21(2)37)51-19-28(39)34-13-7-10-23-17-36(32(40)35-31(23)33)29-16-26(48-3)27(53-29)18-52-57(44,45)55-58(46,47)54-56(41,42)43/h4,6-7,9-11,15,17,26-27,29-31H,1,5,8,12-14,16,18-20,33H2,2-3H3,(H,34,39)(H,35,40)(H,44,45)(H,46,47)(H2,41,42,43)/b10-7+/t26?,27-,29?,30?,31?/m0/s1. The van der Waals surface area contributed by atoms with Crippen molar-refractivity contribution in [1.29, 1.82) is 0 Å². The highest BCUT2D eigenvalue weighted by atomic mass is 31.3. The lowest BCUT2D eigenvalue weighted by Gasteiger charge is -2.32. The van der Waals surface area contributed by atoms with Crippen molar-refractivity contribution in [1.82, 2.24) is 15.5 Å². The number of nitrogens with one attached hydrogen (secondary N) is 2. The van der Waals surface area contributed by atoms with E-state index in [2.05, 4.69) is 30.4 Å². The Balaban J connectivity index is 1.51. The molecule has 23 nitrogen and oxygen atoms in total. The molecular formula is C32H47N4O19P3. The van der Waals surface area contributed by atoms with Crippen LogP contribution in [0, 0.1) is 0 Å². The van der Waals surface area contributed by atoms with Crippen LogP contribution >= 0.6 is 23.5 Å². The summed E-state index contributed by atoms with van der Waals surface area (Å²) in [5.74, 6) is -0.267.